The second kappa shape index (κ2) is 3.04. The summed E-state index contributed by atoms with van der Waals surface area (Å²) in [5, 5.41) is 19.6. The first-order valence-electron chi connectivity index (χ1n) is 4.25. The molecule has 0 saturated heterocycles. The van der Waals surface area contributed by atoms with E-state index in [1.807, 2.05) is 0 Å². The molecular weight excluding hydrogens is 222 g/mol. The first-order chi connectivity index (χ1) is 6.91. The average Bonchev–Trinajstić information content (AvgIpc) is 2.81. The van der Waals surface area contributed by atoms with Gasteiger partial charge in [-0.15, -0.1) is 0 Å². The molecule has 1 saturated carbocycles. The molecule has 4 N–H and O–H groups in total. The Morgan fingerprint density at radius 1 is 1.53 bits per heavy atom. The molecule has 1 aromatic heterocycles. The van der Waals surface area contributed by atoms with Crippen molar-refractivity contribution >= 4 is 16.0 Å². The van der Waals surface area contributed by atoms with Gasteiger partial charge in [0.15, 0.2) is 5.69 Å². The predicted octanol–water partition coefficient (Wildman–Crippen LogP) is -0.367. The van der Waals surface area contributed by atoms with Gasteiger partial charge in [0.05, 0.1) is 5.69 Å². The molecule has 0 aromatic carbocycles. The first-order valence-corrected chi connectivity index (χ1v) is 5.80. The average molecular weight is 231 g/mol. The van der Waals surface area contributed by atoms with Crippen molar-refractivity contribution in [3.8, 4) is 0 Å². The molecular formula is C7H9N3O4S. The summed E-state index contributed by atoms with van der Waals surface area (Å²) in [7, 11) is -4.05. The number of sulfonamides is 1. The van der Waals surface area contributed by atoms with Gasteiger partial charge in [-0.1, -0.05) is 0 Å². The first kappa shape index (κ1) is 10.1. The van der Waals surface area contributed by atoms with Gasteiger partial charge in [0.2, 0.25) is 10.0 Å². The van der Waals surface area contributed by atoms with Crippen molar-refractivity contribution in [2.75, 3.05) is 0 Å². The summed E-state index contributed by atoms with van der Waals surface area (Å²) in [6.07, 6.45) is 1.65. The molecule has 8 heteroatoms. The smallest absolute Gasteiger partial charge is 0.357 e. The second-order valence-corrected chi connectivity index (χ2v) is 4.94. The fourth-order valence-electron chi connectivity index (χ4n) is 1.43. The Hall–Kier alpha value is -1.41. The molecule has 0 spiro atoms. The number of primary sulfonamides is 1. The zero-order chi connectivity index (χ0) is 11.2. The van der Waals surface area contributed by atoms with Crippen LogP contribution in [0.1, 0.15) is 34.9 Å². The lowest BCUT2D eigenvalue weighted by molar-refractivity contribution is 0.0686. The van der Waals surface area contributed by atoms with Crippen LogP contribution in [0.15, 0.2) is 4.90 Å². The summed E-state index contributed by atoms with van der Waals surface area (Å²) >= 11 is 0. The third-order valence-corrected chi connectivity index (χ3v) is 3.20. The number of rotatable bonds is 3. The van der Waals surface area contributed by atoms with Gasteiger partial charge >= 0.3 is 5.97 Å². The lowest BCUT2D eigenvalue weighted by atomic mass is 10.2. The van der Waals surface area contributed by atoms with Crippen molar-refractivity contribution < 1.29 is 18.3 Å². The van der Waals surface area contributed by atoms with Crippen molar-refractivity contribution in [1.29, 1.82) is 0 Å². The molecule has 1 fully saturated rings. The summed E-state index contributed by atoms with van der Waals surface area (Å²) in [5.41, 5.74) is -0.214. The second-order valence-electron chi connectivity index (χ2n) is 3.44. The maximum atomic E-state index is 11.2. The highest BCUT2D eigenvalue weighted by atomic mass is 32.2. The number of aromatic amines is 1. The van der Waals surface area contributed by atoms with Crippen LogP contribution in [0.2, 0.25) is 0 Å². The SMILES string of the molecule is NS(=O)(=O)c1c(C(=O)O)n[nH]c1C1CC1. The zero-order valence-corrected chi connectivity index (χ0v) is 8.41. The molecule has 0 aliphatic heterocycles. The van der Waals surface area contributed by atoms with Gasteiger partial charge in [0.25, 0.3) is 0 Å². The number of carboxylic acids is 1. The monoisotopic (exact) mass is 231 g/mol. The van der Waals surface area contributed by atoms with Gasteiger partial charge in [-0.25, -0.2) is 18.4 Å². The highest BCUT2D eigenvalue weighted by molar-refractivity contribution is 7.89. The van der Waals surface area contributed by atoms with Crippen molar-refractivity contribution in [3.05, 3.63) is 11.4 Å². The van der Waals surface area contributed by atoms with Gasteiger partial charge < -0.3 is 5.11 Å². The molecule has 0 amide bonds. The Balaban J connectivity index is 2.64. The molecule has 2 rings (SSSR count). The molecule has 0 bridgehead atoms. The fraction of sp³-hybridized carbons (Fsp3) is 0.429. The van der Waals surface area contributed by atoms with E-state index in [4.69, 9.17) is 10.2 Å². The Morgan fingerprint density at radius 3 is 2.53 bits per heavy atom. The van der Waals surface area contributed by atoms with Crippen LogP contribution in [0, 0.1) is 0 Å². The minimum absolute atomic E-state index is 0.0407. The number of hydrogen-bond acceptors (Lipinski definition) is 4. The number of nitrogens with one attached hydrogen (secondary N) is 1. The van der Waals surface area contributed by atoms with E-state index in [2.05, 4.69) is 10.2 Å². The van der Waals surface area contributed by atoms with Gasteiger partial charge in [0.1, 0.15) is 4.90 Å². The van der Waals surface area contributed by atoms with Crippen molar-refractivity contribution in [1.82, 2.24) is 10.2 Å². The molecule has 1 aromatic rings. The van der Waals surface area contributed by atoms with Crippen LogP contribution in [0.5, 0.6) is 0 Å². The Labute approximate surface area is 85.3 Å². The highest BCUT2D eigenvalue weighted by Gasteiger charge is 2.35. The highest BCUT2D eigenvalue weighted by Crippen LogP contribution is 2.42. The van der Waals surface area contributed by atoms with E-state index < -0.39 is 21.7 Å². The largest absolute Gasteiger partial charge is 0.476 e. The van der Waals surface area contributed by atoms with Crippen LogP contribution < -0.4 is 5.14 Å². The maximum absolute atomic E-state index is 11.2. The van der Waals surface area contributed by atoms with Crippen molar-refractivity contribution in [2.24, 2.45) is 5.14 Å². The standard InChI is InChI=1S/C7H9N3O4S/c8-15(13,14)6-4(3-1-2-3)9-10-5(6)7(11)12/h3H,1-2H2,(H,9,10)(H,11,12)(H2,8,13,14). The number of nitrogens with two attached hydrogens (primary N) is 1. The topological polar surface area (TPSA) is 126 Å². The van der Waals surface area contributed by atoms with E-state index in [1.165, 1.54) is 0 Å². The molecule has 1 aliphatic rings. The number of nitrogens with zero attached hydrogens (tertiary/aromatic N) is 1. The molecule has 15 heavy (non-hydrogen) atoms. The van der Waals surface area contributed by atoms with Crippen LogP contribution in [0.4, 0.5) is 0 Å². The van der Waals surface area contributed by atoms with Gasteiger partial charge in [-0.05, 0) is 12.8 Å². The van der Waals surface area contributed by atoms with E-state index in [9.17, 15) is 13.2 Å². The summed E-state index contributed by atoms with van der Waals surface area (Å²) in [6.45, 7) is 0. The normalized spacial score (nSPS) is 16.6. The summed E-state index contributed by atoms with van der Waals surface area (Å²) in [5.74, 6) is -1.36. The molecule has 0 radical (unpaired) electrons. The van der Waals surface area contributed by atoms with Crippen molar-refractivity contribution in [2.45, 2.75) is 23.7 Å². The third kappa shape index (κ3) is 1.73. The van der Waals surface area contributed by atoms with E-state index >= 15 is 0 Å². The number of H-pyrrole nitrogens is 1. The summed E-state index contributed by atoms with van der Waals surface area (Å²) < 4.78 is 22.5. The van der Waals surface area contributed by atoms with E-state index in [0.29, 0.717) is 5.69 Å². The third-order valence-electron chi connectivity index (χ3n) is 2.22. The van der Waals surface area contributed by atoms with Crippen LogP contribution in [-0.2, 0) is 10.0 Å². The van der Waals surface area contributed by atoms with Crippen LogP contribution >= 0.6 is 0 Å². The predicted molar refractivity (Wildman–Crippen MR) is 48.9 cm³/mol. The fourth-order valence-corrected chi connectivity index (χ4v) is 2.35. The molecule has 0 atom stereocenters. The van der Waals surface area contributed by atoms with E-state index in [1.54, 1.807) is 0 Å². The number of carboxylic acid groups (broad SMARTS) is 1. The zero-order valence-electron chi connectivity index (χ0n) is 7.60. The Bertz CT molecular complexity index is 514. The molecule has 7 nitrogen and oxygen atoms in total. The quantitative estimate of drug-likeness (QED) is 0.654. The lowest BCUT2D eigenvalue weighted by Gasteiger charge is -1.99. The minimum atomic E-state index is -4.05. The Morgan fingerprint density at radius 2 is 2.13 bits per heavy atom. The number of aromatic carboxylic acids is 1. The lowest BCUT2D eigenvalue weighted by Crippen LogP contribution is -2.17. The van der Waals surface area contributed by atoms with Gasteiger partial charge in [0, 0.05) is 5.92 Å². The number of hydrogen-bond donors (Lipinski definition) is 3. The molecule has 82 valence electrons. The number of aromatic nitrogens is 2. The molecule has 1 heterocycles. The Kier molecular flexibility index (Phi) is 2.05. The van der Waals surface area contributed by atoms with Crippen molar-refractivity contribution in [3.63, 3.8) is 0 Å². The van der Waals surface area contributed by atoms with Crippen LogP contribution in [-0.4, -0.2) is 29.7 Å². The van der Waals surface area contributed by atoms with Crippen LogP contribution in [0.3, 0.4) is 0 Å². The maximum Gasteiger partial charge on any atom is 0.357 e. The van der Waals surface area contributed by atoms with E-state index in [-0.39, 0.29) is 10.8 Å². The van der Waals surface area contributed by atoms with Crippen LogP contribution in [0.25, 0.3) is 0 Å². The molecule has 0 unspecified atom stereocenters. The van der Waals surface area contributed by atoms with E-state index in [0.717, 1.165) is 12.8 Å². The number of carbonyl (C=O) groups is 1. The van der Waals surface area contributed by atoms with Gasteiger partial charge in [-0.2, -0.15) is 5.10 Å². The molecule has 1 aliphatic carbocycles. The van der Waals surface area contributed by atoms with Gasteiger partial charge in [-0.3, -0.25) is 5.10 Å². The summed E-state index contributed by atoms with van der Waals surface area (Å²) in [6, 6.07) is 0. The minimum Gasteiger partial charge on any atom is -0.476 e. The summed E-state index contributed by atoms with van der Waals surface area (Å²) in [4.78, 5) is 10.3.